The summed E-state index contributed by atoms with van der Waals surface area (Å²) in [5.74, 6) is -2.29. The summed E-state index contributed by atoms with van der Waals surface area (Å²) in [6.07, 6.45) is -0.0121. The molecule has 0 bridgehead atoms. The number of pyridine rings is 2. The van der Waals surface area contributed by atoms with Gasteiger partial charge in [-0.15, -0.1) is 0 Å². The molecule has 4 N–H and O–H groups in total. The number of ether oxygens (including phenoxy) is 1. The molecule has 0 spiro atoms. The summed E-state index contributed by atoms with van der Waals surface area (Å²) in [6, 6.07) is 5.51. The monoisotopic (exact) mass is 443 g/mol. The van der Waals surface area contributed by atoms with Crippen LogP contribution < -0.4 is 16.0 Å². The number of nitrogens with one attached hydrogen (secondary N) is 2. The van der Waals surface area contributed by atoms with Gasteiger partial charge in [0.25, 0.3) is 12.0 Å². The first-order chi connectivity index (χ1) is 15.4. The van der Waals surface area contributed by atoms with Crippen LogP contribution >= 0.6 is 0 Å². The number of nitrogens with two attached hydrogens (primary N) is 1. The van der Waals surface area contributed by atoms with Gasteiger partial charge in [-0.05, 0) is 29.8 Å². The Hall–Kier alpha value is -4.15. The van der Waals surface area contributed by atoms with E-state index >= 15 is 0 Å². The van der Waals surface area contributed by atoms with E-state index in [4.69, 9.17) is 10.5 Å². The van der Waals surface area contributed by atoms with Crippen LogP contribution in [0, 0.1) is 11.6 Å². The van der Waals surface area contributed by atoms with Crippen LogP contribution in [0.2, 0.25) is 0 Å². The van der Waals surface area contributed by atoms with E-state index < -0.39 is 30.2 Å². The topological polar surface area (TPSA) is 110 Å². The Morgan fingerprint density at radius 3 is 2.72 bits per heavy atom. The molecule has 0 unspecified atom stereocenters. The molecule has 32 heavy (non-hydrogen) atoms. The Labute approximate surface area is 175 Å². The van der Waals surface area contributed by atoms with E-state index in [1.165, 1.54) is 18.5 Å². The Morgan fingerprint density at radius 2 is 1.94 bits per heavy atom. The fourth-order valence-electron chi connectivity index (χ4n) is 3.80. The van der Waals surface area contributed by atoms with Gasteiger partial charge in [0, 0.05) is 27.9 Å². The molecule has 3 heterocycles. The second kappa shape index (κ2) is 7.22. The number of halogens is 4. The van der Waals surface area contributed by atoms with Crippen molar-refractivity contribution in [3.8, 4) is 16.9 Å². The van der Waals surface area contributed by atoms with Crippen LogP contribution in [-0.4, -0.2) is 33.2 Å². The molecule has 0 aliphatic carbocycles. The van der Waals surface area contributed by atoms with Gasteiger partial charge in [-0.1, -0.05) is 0 Å². The lowest BCUT2D eigenvalue weighted by atomic mass is 9.95. The number of fused-ring (bicyclic) bond motifs is 4. The van der Waals surface area contributed by atoms with Gasteiger partial charge in [0.2, 0.25) is 0 Å². The molecule has 0 radical (unpaired) electrons. The number of benzene rings is 2. The lowest BCUT2D eigenvalue weighted by molar-refractivity contribution is 0.0826. The van der Waals surface area contributed by atoms with Crippen LogP contribution in [0.25, 0.3) is 43.8 Å². The molecule has 11 heteroatoms. The average molecular weight is 443 g/mol. The van der Waals surface area contributed by atoms with Crippen LogP contribution in [0.15, 0.2) is 41.5 Å². The molecule has 0 aliphatic rings. The minimum absolute atomic E-state index is 0.0205. The van der Waals surface area contributed by atoms with Gasteiger partial charge in [0.15, 0.2) is 11.6 Å². The van der Waals surface area contributed by atoms with Crippen LogP contribution in [0.5, 0.6) is 5.75 Å². The number of aromatic amines is 2. The molecule has 0 aliphatic heterocycles. The Morgan fingerprint density at radius 1 is 1.12 bits per heavy atom. The number of hydrogen-bond donors (Lipinski definition) is 3. The molecular formula is C21H13F4N5O2. The van der Waals surface area contributed by atoms with E-state index in [0.717, 1.165) is 6.07 Å². The van der Waals surface area contributed by atoms with E-state index in [-0.39, 0.29) is 49.9 Å². The van der Waals surface area contributed by atoms with Gasteiger partial charge in [-0.25, -0.2) is 17.6 Å². The molecule has 0 fully saturated rings. The maximum absolute atomic E-state index is 14.4. The average Bonchev–Trinajstić information content (AvgIpc) is 3.27. The fourth-order valence-corrected chi connectivity index (χ4v) is 3.80. The van der Waals surface area contributed by atoms with Gasteiger partial charge in [0.1, 0.15) is 29.1 Å². The first-order valence-corrected chi connectivity index (χ1v) is 9.32. The second-order valence-corrected chi connectivity index (χ2v) is 7.02. The third-order valence-corrected chi connectivity index (χ3v) is 5.14. The van der Waals surface area contributed by atoms with Crippen LogP contribution in [0.1, 0.15) is 0 Å². The highest BCUT2D eigenvalue weighted by atomic mass is 19.3. The van der Waals surface area contributed by atoms with Crippen molar-refractivity contribution in [1.29, 1.82) is 0 Å². The maximum Gasteiger partial charge on any atom is 0.272 e. The summed E-state index contributed by atoms with van der Waals surface area (Å²) in [7, 11) is 0. The molecule has 7 nitrogen and oxygen atoms in total. The SMILES string of the molecule is Nc1c(-c2cc(F)c(F)c3[nH]ncc23)c2cc(OCC(F)F)c3ncccc3c2[nH]c1=O. The minimum atomic E-state index is -2.73. The van der Waals surface area contributed by atoms with E-state index in [2.05, 4.69) is 20.2 Å². The number of hydrogen-bond acceptors (Lipinski definition) is 5. The highest BCUT2D eigenvalue weighted by molar-refractivity contribution is 6.15. The molecule has 2 aromatic carbocycles. The van der Waals surface area contributed by atoms with Gasteiger partial charge in [-0.3, -0.25) is 14.9 Å². The zero-order chi connectivity index (χ0) is 22.6. The van der Waals surface area contributed by atoms with Crippen molar-refractivity contribution in [2.45, 2.75) is 6.43 Å². The van der Waals surface area contributed by atoms with E-state index in [1.807, 2.05) is 0 Å². The fraction of sp³-hybridized carbons (Fsp3) is 0.0952. The number of rotatable bonds is 4. The van der Waals surface area contributed by atoms with Crippen molar-refractivity contribution in [1.82, 2.24) is 20.2 Å². The molecular weight excluding hydrogens is 430 g/mol. The second-order valence-electron chi connectivity index (χ2n) is 7.02. The molecule has 162 valence electrons. The summed E-state index contributed by atoms with van der Waals surface area (Å²) < 4.78 is 59.5. The molecule has 3 aromatic heterocycles. The van der Waals surface area contributed by atoms with Crippen LogP contribution in [-0.2, 0) is 0 Å². The normalized spacial score (nSPS) is 11.8. The highest BCUT2D eigenvalue weighted by Gasteiger charge is 2.22. The molecule has 0 saturated heterocycles. The Balaban J connectivity index is 1.94. The van der Waals surface area contributed by atoms with Crippen LogP contribution in [0.4, 0.5) is 23.2 Å². The molecule has 0 saturated carbocycles. The lowest BCUT2D eigenvalue weighted by Crippen LogP contribution is -2.14. The van der Waals surface area contributed by atoms with Crippen molar-refractivity contribution in [3.63, 3.8) is 0 Å². The third-order valence-electron chi connectivity index (χ3n) is 5.14. The quantitative estimate of drug-likeness (QED) is 0.286. The number of alkyl halides is 2. The molecule has 0 amide bonds. The third kappa shape index (κ3) is 2.93. The number of nitrogens with zero attached hydrogens (tertiary/aromatic N) is 2. The van der Waals surface area contributed by atoms with Gasteiger partial charge in [0.05, 0.1) is 11.7 Å². The van der Waals surface area contributed by atoms with Crippen molar-refractivity contribution < 1.29 is 22.3 Å². The van der Waals surface area contributed by atoms with Crippen molar-refractivity contribution in [2.75, 3.05) is 12.3 Å². The maximum atomic E-state index is 14.4. The Kier molecular flexibility index (Phi) is 4.47. The van der Waals surface area contributed by atoms with E-state index in [9.17, 15) is 22.4 Å². The van der Waals surface area contributed by atoms with Gasteiger partial charge in [-0.2, -0.15) is 5.10 Å². The van der Waals surface area contributed by atoms with Gasteiger partial charge >= 0.3 is 0 Å². The predicted octanol–water partition coefficient (Wildman–Crippen LogP) is 4.12. The standard InChI is InChI=1S/C21H13F4N5O2/c22-12-4-9(11-6-28-30-20(11)16(12)25)15-10-5-13(32-7-14(23)24)19-8(2-1-3-27-19)18(10)29-21(31)17(15)26/h1-6,14H,7,26H2,(H,28,30)(H,29,31). The number of nitrogen functional groups attached to an aromatic ring is 1. The first kappa shape index (κ1) is 19.8. The summed E-state index contributed by atoms with van der Waals surface area (Å²) in [5.41, 5.74) is 5.65. The lowest BCUT2D eigenvalue weighted by Gasteiger charge is -2.15. The summed E-state index contributed by atoms with van der Waals surface area (Å²) in [6.45, 7) is -0.886. The number of anilines is 1. The van der Waals surface area contributed by atoms with Crippen molar-refractivity contribution >= 4 is 38.4 Å². The summed E-state index contributed by atoms with van der Waals surface area (Å²) >= 11 is 0. The first-order valence-electron chi connectivity index (χ1n) is 9.32. The molecule has 5 rings (SSSR count). The van der Waals surface area contributed by atoms with Crippen molar-refractivity contribution in [3.05, 3.63) is 58.6 Å². The van der Waals surface area contributed by atoms with Gasteiger partial charge < -0.3 is 15.5 Å². The Bertz CT molecular complexity index is 1580. The largest absolute Gasteiger partial charge is 0.485 e. The smallest absolute Gasteiger partial charge is 0.272 e. The summed E-state index contributed by atoms with van der Waals surface area (Å²) in [5, 5.41) is 7.01. The molecule has 5 aromatic rings. The zero-order valence-corrected chi connectivity index (χ0v) is 16.0. The van der Waals surface area contributed by atoms with Crippen LogP contribution in [0.3, 0.4) is 0 Å². The van der Waals surface area contributed by atoms with E-state index in [0.29, 0.717) is 5.39 Å². The number of H-pyrrole nitrogens is 2. The van der Waals surface area contributed by atoms with E-state index in [1.54, 1.807) is 12.1 Å². The summed E-state index contributed by atoms with van der Waals surface area (Å²) in [4.78, 5) is 19.5. The van der Waals surface area contributed by atoms with Crippen molar-refractivity contribution in [2.24, 2.45) is 0 Å². The molecule has 0 atom stereocenters. The minimum Gasteiger partial charge on any atom is -0.485 e. The predicted molar refractivity (Wildman–Crippen MR) is 111 cm³/mol. The number of aromatic nitrogens is 4. The highest BCUT2D eigenvalue weighted by Crippen LogP contribution is 2.41. The zero-order valence-electron chi connectivity index (χ0n) is 16.0.